The van der Waals surface area contributed by atoms with E-state index in [-0.39, 0.29) is 17.7 Å². The minimum absolute atomic E-state index is 0.0806. The maximum atomic E-state index is 13.7. The van der Waals surface area contributed by atoms with Crippen molar-refractivity contribution >= 4 is 23.4 Å². The Morgan fingerprint density at radius 2 is 1.70 bits per heavy atom. The lowest BCUT2D eigenvalue weighted by Gasteiger charge is -2.39. The Hall–Kier alpha value is -2.37. The first-order valence-electron chi connectivity index (χ1n) is 12.0. The molecule has 0 saturated carbocycles. The monoisotopic (exact) mass is 467 g/mol. The Bertz CT molecular complexity index is 976. The van der Waals surface area contributed by atoms with E-state index in [1.807, 2.05) is 34.1 Å². The van der Waals surface area contributed by atoms with Crippen molar-refractivity contribution < 1.29 is 9.59 Å². The molecule has 0 N–H and O–H groups in total. The standard InChI is InChI=1S/C27H34ClN3O2/c1-20(2)16-26(32)31-19-23-7-4-3-6-22(23)17-25(31)27(33)30-13-5-12-29(14-15-30)18-21-8-10-24(28)11-9-21/h3-4,6-11,20,25H,5,12-19H2,1-2H3. The fourth-order valence-corrected chi connectivity index (χ4v) is 5.01. The van der Waals surface area contributed by atoms with E-state index in [1.165, 1.54) is 11.1 Å². The van der Waals surface area contributed by atoms with Crippen molar-refractivity contribution in [3.8, 4) is 0 Å². The number of hydrogen-bond acceptors (Lipinski definition) is 3. The number of carbonyl (C=O) groups excluding carboxylic acids is 2. The first kappa shape index (κ1) is 23.8. The van der Waals surface area contributed by atoms with Gasteiger partial charge in [0.15, 0.2) is 0 Å². The molecule has 1 unspecified atom stereocenters. The molecule has 1 saturated heterocycles. The van der Waals surface area contributed by atoms with Gasteiger partial charge in [-0.25, -0.2) is 0 Å². The quantitative estimate of drug-likeness (QED) is 0.655. The smallest absolute Gasteiger partial charge is 0.245 e. The second kappa shape index (κ2) is 10.7. The third-order valence-corrected chi connectivity index (χ3v) is 6.91. The third kappa shape index (κ3) is 5.96. The maximum Gasteiger partial charge on any atom is 0.245 e. The van der Waals surface area contributed by atoms with Crippen molar-refractivity contribution in [1.29, 1.82) is 0 Å². The van der Waals surface area contributed by atoms with E-state index >= 15 is 0 Å². The summed E-state index contributed by atoms with van der Waals surface area (Å²) in [6.45, 7) is 8.70. The van der Waals surface area contributed by atoms with Crippen molar-refractivity contribution in [1.82, 2.24) is 14.7 Å². The van der Waals surface area contributed by atoms with Crippen molar-refractivity contribution in [2.24, 2.45) is 5.92 Å². The van der Waals surface area contributed by atoms with E-state index in [4.69, 9.17) is 11.6 Å². The summed E-state index contributed by atoms with van der Waals surface area (Å²) < 4.78 is 0. The molecule has 1 atom stereocenters. The first-order chi connectivity index (χ1) is 15.9. The molecule has 0 aromatic heterocycles. The average Bonchev–Trinajstić information content (AvgIpc) is 3.04. The number of nitrogens with zero attached hydrogens (tertiary/aromatic N) is 3. The lowest BCUT2D eigenvalue weighted by molar-refractivity contribution is -0.147. The number of benzene rings is 2. The Morgan fingerprint density at radius 3 is 2.42 bits per heavy atom. The molecule has 2 aromatic rings. The highest BCUT2D eigenvalue weighted by atomic mass is 35.5. The van der Waals surface area contributed by atoms with E-state index in [1.54, 1.807) is 0 Å². The fraction of sp³-hybridized carbons (Fsp3) is 0.481. The molecule has 33 heavy (non-hydrogen) atoms. The van der Waals surface area contributed by atoms with Crippen LogP contribution in [0.4, 0.5) is 0 Å². The molecule has 4 rings (SSSR count). The Morgan fingerprint density at radius 1 is 0.970 bits per heavy atom. The molecule has 0 radical (unpaired) electrons. The molecule has 2 heterocycles. The van der Waals surface area contributed by atoms with Crippen LogP contribution in [0, 0.1) is 5.92 Å². The van der Waals surface area contributed by atoms with Gasteiger partial charge in [0.1, 0.15) is 6.04 Å². The van der Waals surface area contributed by atoms with Crippen molar-refractivity contribution in [2.75, 3.05) is 26.2 Å². The lowest BCUT2D eigenvalue weighted by Crippen LogP contribution is -2.54. The van der Waals surface area contributed by atoms with Gasteiger partial charge in [0.25, 0.3) is 0 Å². The van der Waals surface area contributed by atoms with Crippen LogP contribution in [0.3, 0.4) is 0 Å². The number of fused-ring (bicyclic) bond motifs is 1. The van der Waals surface area contributed by atoms with Crippen LogP contribution in [0.5, 0.6) is 0 Å². The molecule has 0 spiro atoms. The SMILES string of the molecule is CC(C)CC(=O)N1Cc2ccccc2CC1C(=O)N1CCCN(Cc2ccc(Cl)cc2)CC1. The molecular formula is C27H34ClN3O2. The minimum atomic E-state index is -0.408. The van der Waals surface area contributed by atoms with E-state index < -0.39 is 6.04 Å². The van der Waals surface area contributed by atoms with Crippen LogP contribution in [-0.4, -0.2) is 58.7 Å². The predicted molar refractivity (Wildman–Crippen MR) is 132 cm³/mol. The summed E-state index contributed by atoms with van der Waals surface area (Å²) in [5, 5.41) is 0.747. The van der Waals surface area contributed by atoms with Gasteiger partial charge in [-0.15, -0.1) is 0 Å². The molecule has 2 aromatic carbocycles. The van der Waals surface area contributed by atoms with E-state index in [9.17, 15) is 9.59 Å². The van der Waals surface area contributed by atoms with Gasteiger partial charge in [0.2, 0.25) is 11.8 Å². The molecule has 1 fully saturated rings. The van der Waals surface area contributed by atoms with E-state index in [2.05, 4.69) is 43.0 Å². The predicted octanol–water partition coefficient (Wildman–Crippen LogP) is 4.37. The number of amides is 2. The van der Waals surface area contributed by atoms with Gasteiger partial charge in [-0.3, -0.25) is 14.5 Å². The highest BCUT2D eigenvalue weighted by molar-refractivity contribution is 6.30. The van der Waals surface area contributed by atoms with Gasteiger partial charge >= 0.3 is 0 Å². The summed E-state index contributed by atoms with van der Waals surface area (Å²) in [6.07, 6.45) is 2.01. The zero-order valence-electron chi connectivity index (χ0n) is 19.7. The molecule has 0 aliphatic carbocycles. The van der Waals surface area contributed by atoms with Crippen LogP contribution in [0.1, 0.15) is 43.4 Å². The number of hydrogen-bond donors (Lipinski definition) is 0. The van der Waals surface area contributed by atoms with Crippen LogP contribution in [0.25, 0.3) is 0 Å². The van der Waals surface area contributed by atoms with Crippen molar-refractivity contribution in [3.05, 3.63) is 70.2 Å². The Balaban J connectivity index is 1.45. The Labute approximate surface area is 202 Å². The lowest BCUT2D eigenvalue weighted by atomic mass is 9.92. The third-order valence-electron chi connectivity index (χ3n) is 6.66. The Kier molecular flexibility index (Phi) is 7.71. The summed E-state index contributed by atoms with van der Waals surface area (Å²) in [5.74, 6) is 0.442. The molecule has 6 heteroatoms. The summed E-state index contributed by atoms with van der Waals surface area (Å²) in [5.41, 5.74) is 3.57. The topological polar surface area (TPSA) is 43.9 Å². The van der Waals surface area contributed by atoms with Crippen molar-refractivity contribution in [2.45, 2.75) is 52.2 Å². The summed E-state index contributed by atoms with van der Waals surface area (Å²) in [4.78, 5) is 33.0. The molecule has 176 valence electrons. The minimum Gasteiger partial charge on any atom is -0.340 e. The zero-order valence-corrected chi connectivity index (χ0v) is 20.4. The second-order valence-electron chi connectivity index (χ2n) is 9.69. The number of carbonyl (C=O) groups is 2. The van der Waals surface area contributed by atoms with E-state index in [0.717, 1.165) is 43.2 Å². The fourth-order valence-electron chi connectivity index (χ4n) is 4.88. The van der Waals surface area contributed by atoms with Gasteiger partial charge in [-0.2, -0.15) is 0 Å². The van der Waals surface area contributed by atoms with Crippen LogP contribution in [-0.2, 0) is 29.1 Å². The molecule has 0 bridgehead atoms. The molecule has 2 amide bonds. The van der Waals surface area contributed by atoms with Crippen LogP contribution in [0.15, 0.2) is 48.5 Å². The van der Waals surface area contributed by atoms with Gasteiger partial charge < -0.3 is 9.80 Å². The first-order valence-corrected chi connectivity index (χ1v) is 12.4. The van der Waals surface area contributed by atoms with Crippen molar-refractivity contribution in [3.63, 3.8) is 0 Å². The largest absolute Gasteiger partial charge is 0.340 e. The van der Waals surface area contributed by atoms with Gasteiger partial charge in [-0.05, 0) is 41.2 Å². The number of halogens is 1. The normalized spacial score (nSPS) is 19.3. The summed E-state index contributed by atoms with van der Waals surface area (Å²) in [6, 6.07) is 15.8. The highest BCUT2D eigenvalue weighted by Crippen LogP contribution is 2.26. The molecule has 2 aliphatic heterocycles. The maximum absolute atomic E-state index is 13.7. The second-order valence-corrected chi connectivity index (χ2v) is 10.1. The molecule has 2 aliphatic rings. The molecule has 5 nitrogen and oxygen atoms in total. The average molecular weight is 468 g/mol. The van der Waals surface area contributed by atoms with Crippen LogP contribution >= 0.6 is 11.6 Å². The van der Waals surface area contributed by atoms with Gasteiger partial charge in [-0.1, -0.05) is 61.8 Å². The highest BCUT2D eigenvalue weighted by Gasteiger charge is 2.37. The van der Waals surface area contributed by atoms with Crippen LogP contribution < -0.4 is 0 Å². The summed E-state index contributed by atoms with van der Waals surface area (Å²) >= 11 is 6.02. The number of rotatable bonds is 5. The van der Waals surface area contributed by atoms with E-state index in [0.29, 0.717) is 25.9 Å². The molecular weight excluding hydrogens is 434 g/mol. The van der Waals surface area contributed by atoms with Gasteiger partial charge in [0, 0.05) is 57.1 Å². The zero-order chi connectivity index (χ0) is 23.4. The van der Waals surface area contributed by atoms with Crippen LogP contribution in [0.2, 0.25) is 5.02 Å². The van der Waals surface area contributed by atoms with Gasteiger partial charge in [0.05, 0.1) is 0 Å². The summed E-state index contributed by atoms with van der Waals surface area (Å²) in [7, 11) is 0.